The monoisotopic (exact) mass is 239 g/mol. The van der Waals surface area contributed by atoms with E-state index in [9.17, 15) is 0 Å². The largest absolute Gasteiger partial charge is 0.313 e. The van der Waals surface area contributed by atoms with Gasteiger partial charge in [-0.1, -0.05) is 20.3 Å². The van der Waals surface area contributed by atoms with Crippen LogP contribution in [0.2, 0.25) is 0 Å². The first-order valence-electron chi connectivity index (χ1n) is 5.99. The van der Waals surface area contributed by atoms with Crippen molar-refractivity contribution in [1.82, 2.24) is 15.3 Å². The van der Waals surface area contributed by atoms with Gasteiger partial charge >= 0.3 is 0 Å². The van der Waals surface area contributed by atoms with Crippen LogP contribution in [0, 0.1) is 0 Å². The highest BCUT2D eigenvalue weighted by Crippen LogP contribution is 2.15. The molecule has 16 heavy (non-hydrogen) atoms. The van der Waals surface area contributed by atoms with E-state index in [1.54, 1.807) is 24.2 Å². The molecule has 0 aliphatic heterocycles. The summed E-state index contributed by atoms with van der Waals surface area (Å²) in [6.07, 6.45) is 8.93. The van der Waals surface area contributed by atoms with Crippen LogP contribution in [0.1, 0.15) is 33.1 Å². The van der Waals surface area contributed by atoms with Gasteiger partial charge in [-0.25, -0.2) is 4.98 Å². The third kappa shape index (κ3) is 5.47. The maximum Gasteiger partial charge on any atom is 0.114 e. The molecule has 1 aromatic heterocycles. The lowest BCUT2D eigenvalue weighted by Crippen LogP contribution is -2.31. The molecule has 0 aliphatic carbocycles. The molecule has 0 saturated heterocycles. The molecule has 1 heterocycles. The topological polar surface area (TPSA) is 37.8 Å². The molecular formula is C12H21N3S. The lowest BCUT2D eigenvalue weighted by molar-refractivity contribution is 0.514. The maximum absolute atomic E-state index is 4.26. The summed E-state index contributed by atoms with van der Waals surface area (Å²) in [4.78, 5) is 8.33. The van der Waals surface area contributed by atoms with Crippen molar-refractivity contribution in [3.05, 3.63) is 18.6 Å². The molecule has 0 aromatic carbocycles. The van der Waals surface area contributed by atoms with Crippen LogP contribution in [0.15, 0.2) is 23.6 Å². The number of aromatic nitrogens is 2. The van der Waals surface area contributed by atoms with Crippen LogP contribution in [0.25, 0.3) is 0 Å². The van der Waals surface area contributed by atoms with Crippen LogP contribution in [0.4, 0.5) is 0 Å². The molecule has 90 valence electrons. The Labute approximate surface area is 102 Å². The van der Waals surface area contributed by atoms with E-state index >= 15 is 0 Å². The Morgan fingerprint density at radius 1 is 1.31 bits per heavy atom. The van der Waals surface area contributed by atoms with Gasteiger partial charge in [0.2, 0.25) is 0 Å². The van der Waals surface area contributed by atoms with Crippen LogP contribution in [0.3, 0.4) is 0 Å². The van der Waals surface area contributed by atoms with E-state index < -0.39 is 0 Å². The van der Waals surface area contributed by atoms with E-state index in [0.717, 1.165) is 17.3 Å². The fourth-order valence-electron chi connectivity index (χ4n) is 1.49. The van der Waals surface area contributed by atoms with Crippen molar-refractivity contribution in [3.63, 3.8) is 0 Å². The zero-order valence-corrected chi connectivity index (χ0v) is 11.0. The highest BCUT2D eigenvalue weighted by atomic mass is 32.2. The quantitative estimate of drug-likeness (QED) is 0.708. The molecule has 0 radical (unpaired) electrons. The van der Waals surface area contributed by atoms with E-state index in [2.05, 4.69) is 29.1 Å². The minimum atomic E-state index is 0.594. The summed E-state index contributed by atoms with van der Waals surface area (Å²) in [5.41, 5.74) is 0. The van der Waals surface area contributed by atoms with Gasteiger partial charge in [0.05, 0.1) is 6.20 Å². The maximum atomic E-state index is 4.26. The number of nitrogens with one attached hydrogen (secondary N) is 1. The van der Waals surface area contributed by atoms with Crippen LogP contribution in [-0.4, -0.2) is 28.3 Å². The minimum Gasteiger partial charge on any atom is -0.313 e. The summed E-state index contributed by atoms with van der Waals surface area (Å²) >= 11 is 1.78. The van der Waals surface area contributed by atoms with Gasteiger partial charge in [0.1, 0.15) is 5.03 Å². The molecule has 0 amide bonds. The molecule has 1 rings (SSSR count). The molecule has 1 unspecified atom stereocenters. The van der Waals surface area contributed by atoms with Crippen molar-refractivity contribution in [2.24, 2.45) is 0 Å². The number of nitrogens with zero attached hydrogens (tertiary/aromatic N) is 2. The fraction of sp³-hybridized carbons (Fsp3) is 0.667. The summed E-state index contributed by atoms with van der Waals surface area (Å²) in [5.74, 6) is 1.08. The smallest absolute Gasteiger partial charge is 0.114 e. The molecule has 0 aliphatic rings. The zero-order valence-electron chi connectivity index (χ0n) is 10.1. The van der Waals surface area contributed by atoms with Crippen LogP contribution < -0.4 is 5.32 Å². The van der Waals surface area contributed by atoms with Crippen molar-refractivity contribution in [2.45, 2.75) is 44.2 Å². The first-order valence-corrected chi connectivity index (χ1v) is 6.97. The van der Waals surface area contributed by atoms with Crippen molar-refractivity contribution in [1.29, 1.82) is 0 Å². The second-order valence-corrected chi connectivity index (χ2v) is 4.83. The van der Waals surface area contributed by atoms with Gasteiger partial charge < -0.3 is 5.32 Å². The van der Waals surface area contributed by atoms with Gasteiger partial charge in [-0.2, -0.15) is 0 Å². The number of hydrogen-bond acceptors (Lipinski definition) is 4. The average Bonchev–Trinajstić information content (AvgIpc) is 2.34. The van der Waals surface area contributed by atoms with Gasteiger partial charge in [-0.15, -0.1) is 11.8 Å². The second-order valence-electron chi connectivity index (χ2n) is 3.79. The second kappa shape index (κ2) is 8.53. The van der Waals surface area contributed by atoms with Gasteiger partial charge in [-0.05, 0) is 19.4 Å². The predicted octanol–water partition coefficient (Wildman–Crippen LogP) is 2.74. The highest BCUT2D eigenvalue weighted by Gasteiger charge is 2.07. The summed E-state index contributed by atoms with van der Waals surface area (Å²) in [7, 11) is 0. The first kappa shape index (κ1) is 13.5. The van der Waals surface area contributed by atoms with Gasteiger partial charge in [0.25, 0.3) is 0 Å². The van der Waals surface area contributed by atoms with Gasteiger partial charge in [-0.3, -0.25) is 4.98 Å². The molecule has 0 fully saturated rings. The SMILES string of the molecule is CCCNC(CCC)CSc1cnccn1. The Balaban J connectivity index is 2.31. The molecule has 0 bridgehead atoms. The van der Waals surface area contributed by atoms with E-state index in [-0.39, 0.29) is 0 Å². The van der Waals surface area contributed by atoms with Crippen LogP contribution in [0.5, 0.6) is 0 Å². The molecule has 0 saturated carbocycles. The Bertz CT molecular complexity index is 266. The van der Waals surface area contributed by atoms with Crippen molar-refractivity contribution < 1.29 is 0 Å². The standard InChI is InChI=1S/C12H21N3S/c1-3-5-11(14-6-4-2)10-16-12-9-13-7-8-15-12/h7-9,11,14H,3-6,10H2,1-2H3. The lowest BCUT2D eigenvalue weighted by Gasteiger charge is -2.16. The lowest BCUT2D eigenvalue weighted by atomic mass is 10.2. The summed E-state index contributed by atoms with van der Waals surface area (Å²) in [6.45, 7) is 5.53. The Kier molecular flexibility index (Phi) is 7.17. The van der Waals surface area contributed by atoms with E-state index in [0.29, 0.717) is 6.04 Å². The molecule has 0 spiro atoms. The van der Waals surface area contributed by atoms with Crippen LogP contribution >= 0.6 is 11.8 Å². The van der Waals surface area contributed by atoms with Crippen LogP contribution in [-0.2, 0) is 0 Å². The third-order valence-corrected chi connectivity index (χ3v) is 3.37. The highest BCUT2D eigenvalue weighted by molar-refractivity contribution is 7.99. The van der Waals surface area contributed by atoms with E-state index in [4.69, 9.17) is 0 Å². The summed E-state index contributed by atoms with van der Waals surface area (Å²) in [5, 5.41) is 4.59. The third-order valence-electron chi connectivity index (χ3n) is 2.29. The molecular weight excluding hydrogens is 218 g/mol. The Hall–Kier alpha value is -0.610. The van der Waals surface area contributed by atoms with E-state index in [1.165, 1.54) is 19.3 Å². The normalized spacial score (nSPS) is 12.6. The Morgan fingerprint density at radius 3 is 2.81 bits per heavy atom. The summed E-state index contributed by atoms with van der Waals surface area (Å²) in [6, 6.07) is 0.594. The van der Waals surface area contributed by atoms with Gasteiger partial charge in [0.15, 0.2) is 0 Å². The number of rotatable bonds is 8. The molecule has 1 atom stereocenters. The minimum absolute atomic E-state index is 0.594. The van der Waals surface area contributed by atoms with Crippen molar-refractivity contribution >= 4 is 11.8 Å². The predicted molar refractivity (Wildman–Crippen MR) is 69.7 cm³/mol. The summed E-state index contributed by atoms with van der Waals surface area (Å²) < 4.78 is 0. The molecule has 4 heteroatoms. The number of thioether (sulfide) groups is 1. The van der Waals surface area contributed by atoms with Crippen molar-refractivity contribution in [2.75, 3.05) is 12.3 Å². The fourth-order valence-corrected chi connectivity index (χ4v) is 2.41. The van der Waals surface area contributed by atoms with Gasteiger partial charge in [0, 0.05) is 24.2 Å². The Morgan fingerprint density at radius 2 is 2.19 bits per heavy atom. The first-order chi connectivity index (χ1) is 7.86. The van der Waals surface area contributed by atoms with Crippen molar-refractivity contribution in [3.8, 4) is 0 Å². The molecule has 1 aromatic rings. The van der Waals surface area contributed by atoms with E-state index in [1.807, 2.05) is 6.20 Å². The zero-order chi connectivity index (χ0) is 11.6. The molecule has 3 nitrogen and oxygen atoms in total. The average molecular weight is 239 g/mol. The molecule has 1 N–H and O–H groups in total. The number of hydrogen-bond donors (Lipinski definition) is 1.